The first-order valence-electron chi connectivity index (χ1n) is 5.74. The van der Waals surface area contributed by atoms with Crippen LogP contribution < -0.4 is 16.4 Å². The Labute approximate surface area is 111 Å². The molecule has 0 atom stereocenters. The van der Waals surface area contributed by atoms with Crippen LogP contribution in [0.5, 0.6) is 0 Å². The van der Waals surface area contributed by atoms with Gasteiger partial charge in [0.05, 0.1) is 11.0 Å². The van der Waals surface area contributed by atoms with Gasteiger partial charge in [0.25, 0.3) is 0 Å². The normalized spacial score (nSPS) is 10.7. The number of anilines is 1. The van der Waals surface area contributed by atoms with Crippen LogP contribution in [-0.4, -0.2) is 9.97 Å². The molecular weight excluding hydrogens is 262 g/mol. The molecule has 0 aliphatic rings. The molecule has 19 heavy (non-hydrogen) atoms. The van der Waals surface area contributed by atoms with Crippen LogP contribution in [0.25, 0.3) is 11.0 Å². The average Bonchev–Trinajstić information content (AvgIpc) is 2.91. The molecule has 0 amide bonds. The van der Waals surface area contributed by atoms with Crippen LogP contribution in [0.1, 0.15) is 5.56 Å². The van der Waals surface area contributed by atoms with Crippen LogP contribution in [-0.2, 0) is 6.54 Å². The van der Waals surface area contributed by atoms with Gasteiger partial charge in [-0.15, -0.1) is 0 Å². The Kier molecular flexibility index (Phi) is 2.92. The van der Waals surface area contributed by atoms with E-state index in [4.69, 9.17) is 0 Å². The van der Waals surface area contributed by atoms with Crippen LogP contribution in [0.2, 0.25) is 0 Å². The van der Waals surface area contributed by atoms with E-state index in [0.29, 0.717) is 11.0 Å². The number of nitrogens with one attached hydrogen (secondary N) is 3. The molecule has 0 aliphatic carbocycles. The molecule has 6 heteroatoms. The molecule has 0 radical (unpaired) electrons. The number of aromatic nitrogens is 2. The Hall–Kier alpha value is -2.34. The maximum absolute atomic E-state index is 11.3. The Morgan fingerprint density at radius 3 is 2.58 bits per heavy atom. The second-order valence-electron chi connectivity index (χ2n) is 4.15. The molecule has 0 saturated heterocycles. The number of rotatable bonds is 3. The van der Waals surface area contributed by atoms with Crippen molar-refractivity contribution in [2.24, 2.45) is 0 Å². The van der Waals surface area contributed by atoms with E-state index >= 15 is 0 Å². The van der Waals surface area contributed by atoms with E-state index in [0.717, 1.165) is 12.2 Å². The number of H-pyrrole nitrogens is 2. The van der Waals surface area contributed by atoms with Crippen molar-refractivity contribution in [1.82, 2.24) is 9.97 Å². The minimum Gasteiger partial charge on any atom is -0.381 e. The van der Waals surface area contributed by atoms with Crippen molar-refractivity contribution in [3.63, 3.8) is 0 Å². The molecule has 0 fully saturated rings. The maximum Gasteiger partial charge on any atom is 0.314 e. The molecule has 0 saturated carbocycles. The predicted molar refractivity (Wildman–Crippen MR) is 76.8 cm³/mol. The minimum absolute atomic E-state index is 0.611. The third kappa shape index (κ3) is 2.43. The Morgan fingerprint density at radius 1 is 1.05 bits per heavy atom. The number of fused-ring (bicyclic) bond motifs is 1. The Balaban J connectivity index is 1.91. The summed E-state index contributed by atoms with van der Waals surface area (Å²) in [6.07, 6.45) is 0. The lowest BCUT2D eigenvalue weighted by atomic mass is 10.2. The predicted octanol–water partition coefficient (Wildman–Crippen LogP) is 1.89. The first-order valence-corrected chi connectivity index (χ1v) is 6.68. The molecule has 3 N–H and O–H groups in total. The van der Waals surface area contributed by atoms with Crippen LogP contribution in [0.3, 0.4) is 0 Å². The van der Waals surface area contributed by atoms with Crippen molar-refractivity contribution in [2.45, 2.75) is 6.54 Å². The summed E-state index contributed by atoms with van der Waals surface area (Å²) in [4.78, 5) is 27.5. The zero-order chi connectivity index (χ0) is 13.2. The molecule has 2 aromatic heterocycles. The fraction of sp³-hybridized carbons (Fsp3) is 0.0769. The SMILES string of the molecule is O=c1[nH]c2ccc(NCc3ccsc3)cc2[nH]c1=O. The third-order valence-corrected chi connectivity index (χ3v) is 3.53. The van der Waals surface area contributed by atoms with Gasteiger partial charge < -0.3 is 15.3 Å². The maximum atomic E-state index is 11.3. The fourth-order valence-electron chi connectivity index (χ4n) is 1.82. The summed E-state index contributed by atoms with van der Waals surface area (Å²) in [6.45, 7) is 0.725. The summed E-state index contributed by atoms with van der Waals surface area (Å²) in [5, 5.41) is 7.37. The molecule has 1 aromatic carbocycles. The van der Waals surface area contributed by atoms with E-state index < -0.39 is 11.1 Å². The van der Waals surface area contributed by atoms with E-state index in [1.54, 1.807) is 23.5 Å². The van der Waals surface area contributed by atoms with Crippen molar-refractivity contribution >= 4 is 28.1 Å². The molecule has 3 aromatic rings. The van der Waals surface area contributed by atoms with Gasteiger partial charge in [-0.3, -0.25) is 9.59 Å². The summed E-state index contributed by atoms with van der Waals surface area (Å²) < 4.78 is 0. The number of thiophene rings is 1. The van der Waals surface area contributed by atoms with Gasteiger partial charge in [0, 0.05) is 12.2 Å². The second-order valence-corrected chi connectivity index (χ2v) is 4.93. The van der Waals surface area contributed by atoms with Crippen molar-refractivity contribution < 1.29 is 0 Å². The number of hydrogen-bond acceptors (Lipinski definition) is 4. The highest BCUT2D eigenvalue weighted by atomic mass is 32.1. The first-order chi connectivity index (χ1) is 9.22. The average molecular weight is 273 g/mol. The lowest BCUT2D eigenvalue weighted by Gasteiger charge is -2.06. The van der Waals surface area contributed by atoms with Crippen LogP contribution in [0.4, 0.5) is 5.69 Å². The van der Waals surface area contributed by atoms with Crippen LogP contribution >= 0.6 is 11.3 Å². The largest absolute Gasteiger partial charge is 0.381 e. The molecule has 0 bridgehead atoms. The number of hydrogen-bond donors (Lipinski definition) is 3. The number of aromatic amines is 2. The van der Waals surface area contributed by atoms with Crippen molar-refractivity contribution in [1.29, 1.82) is 0 Å². The standard InChI is InChI=1S/C13H11N3O2S/c17-12-13(18)16-11-5-9(1-2-10(11)15-12)14-6-8-3-4-19-7-8/h1-5,7,14H,6H2,(H,15,17)(H,16,18). The fourth-order valence-corrected chi connectivity index (χ4v) is 2.49. The summed E-state index contributed by atoms with van der Waals surface area (Å²) in [6, 6.07) is 7.49. The molecule has 2 heterocycles. The van der Waals surface area contributed by atoms with E-state index in [1.807, 2.05) is 11.4 Å². The van der Waals surface area contributed by atoms with E-state index in [-0.39, 0.29) is 0 Å². The van der Waals surface area contributed by atoms with Gasteiger partial charge in [-0.2, -0.15) is 11.3 Å². The summed E-state index contributed by atoms with van der Waals surface area (Å²) in [7, 11) is 0. The third-order valence-electron chi connectivity index (χ3n) is 2.80. The van der Waals surface area contributed by atoms with E-state index in [9.17, 15) is 9.59 Å². The first kappa shape index (κ1) is 11.7. The molecule has 5 nitrogen and oxygen atoms in total. The Bertz CT molecular complexity index is 818. The van der Waals surface area contributed by atoms with Gasteiger partial charge >= 0.3 is 11.1 Å². The number of benzene rings is 1. The lowest BCUT2D eigenvalue weighted by Crippen LogP contribution is -2.28. The highest BCUT2D eigenvalue weighted by Gasteiger charge is 2.01. The molecule has 0 spiro atoms. The second kappa shape index (κ2) is 4.74. The molecule has 0 unspecified atom stereocenters. The smallest absolute Gasteiger partial charge is 0.314 e. The zero-order valence-corrected chi connectivity index (χ0v) is 10.7. The van der Waals surface area contributed by atoms with Gasteiger partial charge in [0.1, 0.15) is 0 Å². The monoisotopic (exact) mass is 273 g/mol. The van der Waals surface area contributed by atoms with E-state index in [1.165, 1.54) is 5.56 Å². The quantitative estimate of drug-likeness (QED) is 0.638. The summed E-state index contributed by atoms with van der Waals surface area (Å²) in [5.41, 5.74) is 2.06. The Morgan fingerprint density at radius 2 is 1.84 bits per heavy atom. The van der Waals surface area contributed by atoms with Crippen LogP contribution in [0.15, 0.2) is 44.6 Å². The van der Waals surface area contributed by atoms with E-state index in [2.05, 4.69) is 26.7 Å². The highest BCUT2D eigenvalue weighted by Crippen LogP contribution is 2.15. The van der Waals surface area contributed by atoms with Crippen LogP contribution in [0, 0.1) is 0 Å². The lowest BCUT2D eigenvalue weighted by molar-refractivity contribution is 1.14. The summed E-state index contributed by atoms with van der Waals surface area (Å²) in [5.74, 6) is 0. The van der Waals surface area contributed by atoms with Gasteiger partial charge in [0.2, 0.25) is 0 Å². The van der Waals surface area contributed by atoms with Gasteiger partial charge in [0.15, 0.2) is 0 Å². The molecule has 3 rings (SSSR count). The van der Waals surface area contributed by atoms with Crippen molar-refractivity contribution in [3.8, 4) is 0 Å². The molecular formula is C13H11N3O2S. The molecule has 96 valence electrons. The molecule has 0 aliphatic heterocycles. The zero-order valence-electron chi connectivity index (χ0n) is 9.90. The van der Waals surface area contributed by atoms with Crippen molar-refractivity contribution in [2.75, 3.05) is 5.32 Å². The highest BCUT2D eigenvalue weighted by molar-refractivity contribution is 7.07. The van der Waals surface area contributed by atoms with Gasteiger partial charge in [-0.25, -0.2) is 0 Å². The van der Waals surface area contributed by atoms with Gasteiger partial charge in [-0.1, -0.05) is 0 Å². The topological polar surface area (TPSA) is 77.8 Å². The van der Waals surface area contributed by atoms with Crippen molar-refractivity contribution in [3.05, 3.63) is 61.3 Å². The summed E-state index contributed by atoms with van der Waals surface area (Å²) >= 11 is 1.65. The minimum atomic E-state index is -0.637. The van der Waals surface area contributed by atoms with Gasteiger partial charge in [-0.05, 0) is 40.6 Å².